The Morgan fingerprint density at radius 3 is 2.31 bits per heavy atom. The SMILES string of the molecule is Cc1c(-c2c3ccccc3nn2C)cc(C(F)(F)F)cc1-[n+]1cc2ccccc2cc1C. The second-order valence-corrected chi connectivity index (χ2v) is 8.07. The predicted molar refractivity (Wildman–Crippen MR) is 120 cm³/mol. The lowest BCUT2D eigenvalue weighted by molar-refractivity contribution is -0.601. The summed E-state index contributed by atoms with van der Waals surface area (Å²) in [6.45, 7) is 3.78. The first-order valence-corrected chi connectivity index (χ1v) is 10.3. The summed E-state index contributed by atoms with van der Waals surface area (Å²) in [4.78, 5) is 0. The van der Waals surface area contributed by atoms with E-state index in [0.29, 0.717) is 16.9 Å². The second kappa shape index (κ2) is 7.19. The van der Waals surface area contributed by atoms with E-state index in [0.717, 1.165) is 32.9 Å². The summed E-state index contributed by atoms with van der Waals surface area (Å²) < 4.78 is 45.4. The highest BCUT2D eigenvalue weighted by Crippen LogP contribution is 2.38. The van der Waals surface area contributed by atoms with Crippen LogP contribution in [0.1, 0.15) is 16.8 Å². The quantitative estimate of drug-likeness (QED) is 0.300. The predicted octanol–water partition coefficient (Wildman–Crippen LogP) is 6.31. The highest BCUT2D eigenvalue weighted by atomic mass is 19.4. The molecular formula is C26H21F3N3+. The zero-order valence-electron chi connectivity index (χ0n) is 17.9. The number of aromatic nitrogens is 3. The molecule has 6 heteroatoms. The molecule has 0 spiro atoms. The van der Waals surface area contributed by atoms with Gasteiger partial charge in [-0.05, 0) is 30.5 Å². The summed E-state index contributed by atoms with van der Waals surface area (Å²) in [5.41, 5.74) is 3.37. The van der Waals surface area contributed by atoms with E-state index in [-0.39, 0.29) is 0 Å². The van der Waals surface area contributed by atoms with Gasteiger partial charge in [-0.3, -0.25) is 4.68 Å². The molecular weight excluding hydrogens is 411 g/mol. The van der Waals surface area contributed by atoms with E-state index in [4.69, 9.17) is 0 Å². The Bertz CT molecular complexity index is 1500. The molecule has 0 amide bonds. The zero-order chi connectivity index (χ0) is 22.6. The van der Waals surface area contributed by atoms with Gasteiger partial charge in [-0.2, -0.15) is 22.8 Å². The summed E-state index contributed by atoms with van der Waals surface area (Å²) in [7, 11) is 1.77. The molecule has 2 aromatic heterocycles. The summed E-state index contributed by atoms with van der Waals surface area (Å²) in [6, 6.07) is 19.8. The van der Waals surface area contributed by atoms with E-state index >= 15 is 0 Å². The average Bonchev–Trinajstić information content (AvgIpc) is 3.08. The minimum absolute atomic E-state index is 0.503. The number of fused-ring (bicyclic) bond motifs is 2. The fourth-order valence-electron chi connectivity index (χ4n) is 4.38. The standard InChI is InChI=1S/C26H21F3N3/c1-16-12-18-8-4-5-9-19(18)15-32(16)24-14-20(26(27,28)29)13-22(17(24)2)25-21-10-6-7-11-23(21)30-31(25)3/h4-15H,1-3H3/q+1. The number of pyridine rings is 1. The molecule has 0 saturated heterocycles. The molecule has 0 N–H and O–H groups in total. The topological polar surface area (TPSA) is 21.7 Å². The Kier molecular flexibility index (Phi) is 4.55. The first kappa shape index (κ1) is 20.2. The van der Waals surface area contributed by atoms with Crippen molar-refractivity contribution >= 4 is 21.7 Å². The van der Waals surface area contributed by atoms with Crippen LogP contribution in [-0.2, 0) is 13.2 Å². The van der Waals surface area contributed by atoms with E-state index in [1.807, 2.05) is 79.2 Å². The molecule has 0 aliphatic heterocycles. The lowest BCUT2D eigenvalue weighted by Gasteiger charge is -2.15. The van der Waals surface area contributed by atoms with Crippen LogP contribution in [0, 0.1) is 13.8 Å². The average molecular weight is 432 g/mol. The van der Waals surface area contributed by atoms with Crippen LogP contribution in [0.25, 0.3) is 38.6 Å². The third-order valence-corrected chi connectivity index (χ3v) is 5.97. The molecule has 2 heterocycles. The van der Waals surface area contributed by atoms with Gasteiger partial charge in [0.15, 0.2) is 11.9 Å². The molecule has 5 aromatic rings. The molecule has 5 rings (SSSR count). The van der Waals surface area contributed by atoms with Crippen LogP contribution in [0.5, 0.6) is 0 Å². The maximum atomic E-state index is 14.0. The number of hydrogen-bond acceptors (Lipinski definition) is 1. The van der Waals surface area contributed by atoms with Crippen molar-refractivity contribution in [3.63, 3.8) is 0 Å². The number of halogens is 3. The minimum Gasteiger partial charge on any atom is -0.267 e. The normalized spacial score (nSPS) is 12.1. The van der Waals surface area contributed by atoms with E-state index < -0.39 is 11.7 Å². The van der Waals surface area contributed by atoms with Crippen LogP contribution in [0.15, 0.2) is 72.9 Å². The Labute approximate surface area is 183 Å². The van der Waals surface area contributed by atoms with Crippen LogP contribution in [0.2, 0.25) is 0 Å². The van der Waals surface area contributed by atoms with Crippen molar-refractivity contribution in [2.75, 3.05) is 0 Å². The first-order valence-electron chi connectivity index (χ1n) is 10.3. The molecule has 3 aromatic carbocycles. The molecule has 0 atom stereocenters. The Morgan fingerprint density at radius 1 is 0.875 bits per heavy atom. The van der Waals surface area contributed by atoms with Gasteiger partial charge in [0.05, 0.1) is 16.8 Å². The summed E-state index contributed by atoms with van der Waals surface area (Å²) in [5, 5.41) is 7.34. The monoisotopic (exact) mass is 432 g/mol. The molecule has 0 unspecified atom stereocenters. The number of nitrogens with zero attached hydrogens (tertiary/aromatic N) is 3. The molecule has 0 bridgehead atoms. The smallest absolute Gasteiger partial charge is 0.267 e. The third kappa shape index (κ3) is 3.23. The lowest BCUT2D eigenvalue weighted by atomic mass is 9.97. The lowest BCUT2D eigenvalue weighted by Crippen LogP contribution is -2.35. The van der Waals surface area contributed by atoms with Crippen molar-refractivity contribution < 1.29 is 17.7 Å². The van der Waals surface area contributed by atoms with Gasteiger partial charge in [0.25, 0.3) is 0 Å². The largest absolute Gasteiger partial charge is 0.416 e. The minimum atomic E-state index is -4.48. The maximum absolute atomic E-state index is 14.0. The molecule has 0 saturated carbocycles. The number of alkyl halides is 3. The van der Waals surface area contributed by atoms with Crippen LogP contribution in [0.3, 0.4) is 0 Å². The molecule has 0 aliphatic carbocycles. The molecule has 0 aliphatic rings. The van der Waals surface area contributed by atoms with Gasteiger partial charge in [-0.1, -0.05) is 36.4 Å². The number of rotatable bonds is 2. The van der Waals surface area contributed by atoms with E-state index in [1.54, 1.807) is 11.7 Å². The number of benzene rings is 3. The Balaban J connectivity index is 1.86. The van der Waals surface area contributed by atoms with E-state index in [2.05, 4.69) is 5.10 Å². The summed E-state index contributed by atoms with van der Waals surface area (Å²) in [6.07, 6.45) is -2.57. The second-order valence-electron chi connectivity index (χ2n) is 8.07. The van der Waals surface area contributed by atoms with Crippen molar-refractivity contribution in [3.05, 3.63) is 89.7 Å². The molecule has 0 fully saturated rings. The third-order valence-electron chi connectivity index (χ3n) is 5.97. The maximum Gasteiger partial charge on any atom is 0.416 e. The van der Waals surface area contributed by atoms with Gasteiger partial charge < -0.3 is 0 Å². The zero-order valence-corrected chi connectivity index (χ0v) is 17.9. The van der Waals surface area contributed by atoms with Crippen molar-refractivity contribution in [2.45, 2.75) is 20.0 Å². The van der Waals surface area contributed by atoms with Crippen LogP contribution in [-0.4, -0.2) is 9.78 Å². The van der Waals surface area contributed by atoms with Crippen molar-refractivity contribution in [3.8, 4) is 16.9 Å². The fourth-order valence-corrected chi connectivity index (χ4v) is 4.38. The highest BCUT2D eigenvalue weighted by molar-refractivity contribution is 5.94. The number of aryl methyl sites for hydroxylation is 2. The van der Waals surface area contributed by atoms with Crippen LogP contribution < -0.4 is 4.57 Å². The fraction of sp³-hybridized carbons (Fsp3) is 0.154. The summed E-state index contributed by atoms with van der Waals surface area (Å²) >= 11 is 0. The molecule has 32 heavy (non-hydrogen) atoms. The number of hydrogen-bond donors (Lipinski definition) is 0. The van der Waals surface area contributed by atoms with Gasteiger partial charge in [0, 0.05) is 48.0 Å². The highest BCUT2D eigenvalue weighted by Gasteiger charge is 2.34. The van der Waals surface area contributed by atoms with Crippen LogP contribution >= 0.6 is 0 Å². The molecule has 3 nitrogen and oxygen atoms in total. The van der Waals surface area contributed by atoms with Crippen molar-refractivity contribution in [1.29, 1.82) is 0 Å². The molecule has 0 radical (unpaired) electrons. The molecule has 160 valence electrons. The Hall–Kier alpha value is -3.67. The summed E-state index contributed by atoms with van der Waals surface area (Å²) in [5.74, 6) is 0. The van der Waals surface area contributed by atoms with Gasteiger partial charge in [-0.15, -0.1) is 0 Å². The van der Waals surface area contributed by atoms with Gasteiger partial charge in [0.1, 0.15) is 0 Å². The van der Waals surface area contributed by atoms with Crippen molar-refractivity contribution in [1.82, 2.24) is 9.78 Å². The van der Waals surface area contributed by atoms with Gasteiger partial charge in [-0.25, -0.2) is 0 Å². The first-order chi connectivity index (χ1) is 15.2. The van der Waals surface area contributed by atoms with Crippen molar-refractivity contribution in [2.24, 2.45) is 7.05 Å². The van der Waals surface area contributed by atoms with E-state index in [1.165, 1.54) is 12.1 Å². The van der Waals surface area contributed by atoms with Crippen LogP contribution in [0.4, 0.5) is 13.2 Å². The van der Waals surface area contributed by atoms with Gasteiger partial charge in [0.2, 0.25) is 5.69 Å². The van der Waals surface area contributed by atoms with Gasteiger partial charge >= 0.3 is 6.18 Å². The van der Waals surface area contributed by atoms with E-state index in [9.17, 15) is 13.2 Å². The Morgan fingerprint density at radius 2 is 1.56 bits per heavy atom.